The van der Waals surface area contributed by atoms with Crippen molar-refractivity contribution in [2.24, 2.45) is 5.92 Å². The van der Waals surface area contributed by atoms with Crippen LogP contribution in [0.4, 0.5) is 0 Å². The Morgan fingerprint density at radius 2 is 2.29 bits per heavy atom. The van der Waals surface area contributed by atoms with Gasteiger partial charge in [-0.1, -0.05) is 6.92 Å². The van der Waals surface area contributed by atoms with Gasteiger partial charge in [-0.25, -0.2) is 0 Å². The fourth-order valence-corrected chi connectivity index (χ4v) is 3.14. The molecule has 0 radical (unpaired) electrons. The maximum atomic E-state index is 11.4. The van der Waals surface area contributed by atoms with Crippen molar-refractivity contribution in [3.8, 4) is 0 Å². The highest BCUT2D eigenvalue weighted by Gasteiger charge is 2.35. The Hall–Kier alpha value is -0.370. The summed E-state index contributed by atoms with van der Waals surface area (Å²) in [5.41, 5.74) is 0. The molecule has 1 heterocycles. The highest BCUT2D eigenvalue weighted by atomic mass is 16.1. The zero-order valence-electron chi connectivity index (χ0n) is 9.17. The molecule has 2 rings (SSSR count). The minimum Gasteiger partial charge on any atom is -0.300 e. The molecular weight excluding hydrogens is 174 g/mol. The molecule has 0 N–H and O–H groups in total. The molecule has 14 heavy (non-hydrogen) atoms. The number of fused-ring (bicyclic) bond motifs is 1. The van der Waals surface area contributed by atoms with Gasteiger partial charge in [0.2, 0.25) is 0 Å². The van der Waals surface area contributed by atoms with Gasteiger partial charge in [0.1, 0.15) is 5.78 Å². The molecule has 1 saturated carbocycles. The van der Waals surface area contributed by atoms with E-state index in [1.54, 1.807) is 0 Å². The smallest absolute Gasteiger partial charge is 0.133 e. The van der Waals surface area contributed by atoms with E-state index in [-0.39, 0.29) is 0 Å². The van der Waals surface area contributed by atoms with E-state index in [2.05, 4.69) is 11.8 Å². The first-order valence-corrected chi connectivity index (χ1v) is 6.07. The Balaban J connectivity index is 1.98. The Morgan fingerprint density at radius 3 is 3.07 bits per heavy atom. The molecule has 0 aromatic carbocycles. The molecule has 1 aliphatic carbocycles. The number of carbonyl (C=O) groups excluding carboxylic acids is 1. The third-order valence-electron chi connectivity index (χ3n) is 3.75. The van der Waals surface area contributed by atoms with Crippen LogP contribution < -0.4 is 0 Å². The van der Waals surface area contributed by atoms with E-state index in [4.69, 9.17) is 0 Å². The van der Waals surface area contributed by atoms with Crippen LogP contribution in [-0.2, 0) is 4.79 Å². The summed E-state index contributed by atoms with van der Waals surface area (Å²) in [4.78, 5) is 14.0. The van der Waals surface area contributed by atoms with Crippen LogP contribution in [0.15, 0.2) is 0 Å². The van der Waals surface area contributed by atoms with Gasteiger partial charge in [-0.3, -0.25) is 4.79 Å². The molecule has 2 atom stereocenters. The summed E-state index contributed by atoms with van der Waals surface area (Å²) in [7, 11) is 0. The molecular formula is C12H21NO. The summed E-state index contributed by atoms with van der Waals surface area (Å²) in [5.74, 6) is 1.20. The number of hydrogen-bond donors (Lipinski definition) is 0. The van der Waals surface area contributed by atoms with Gasteiger partial charge in [-0.05, 0) is 44.7 Å². The molecule has 0 bridgehead atoms. The maximum Gasteiger partial charge on any atom is 0.133 e. The van der Waals surface area contributed by atoms with E-state index < -0.39 is 0 Å². The summed E-state index contributed by atoms with van der Waals surface area (Å²) < 4.78 is 0. The standard InChI is InChI=1S/C12H21NO/c1-2-7-13-8-3-4-10-9-11(14)5-6-12(10)13/h10,12H,2-9H2,1H3/t10-,12-/m1/s1. The summed E-state index contributed by atoms with van der Waals surface area (Å²) in [5, 5.41) is 0. The molecule has 1 saturated heterocycles. The molecule has 1 aliphatic heterocycles. The Kier molecular flexibility index (Phi) is 3.22. The largest absolute Gasteiger partial charge is 0.300 e. The summed E-state index contributed by atoms with van der Waals surface area (Å²) >= 11 is 0. The number of nitrogens with zero attached hydrogens (tertiary/aromatic N) is 1. The highest BCUT2D eigenvalue weighted by molar-refractivity contribution is 5.79. The normalized spacial score (nSPS) is 34.2. The van der Waals surface area contributed by atoms with Crippen molar-refractivity contribution in [1.82, 2.24) is 4.90 Å². The molecule has 0 aromatic rings. The second-order valence-electron chi connectivity index (χ2n) is 4.79. The van der Waals surface area contributed by atoms with Gasteiger partial charge in [0.25, 0.3) is 0 Å². The second kappa shape index (κ2) is 4.43. The SMILES string of the molecule is CCCN1CCC[C@@H]2CC(=O)CC[C@H]21. The van der Waals surface area contributed by atoms with Crippen LogP contribution >= 0.6 is 0 Å². The molecule has 2 heteroatoms. The van der Waals surface area contributed by atoms with Gasteiger partial charge >= 0.3 is 0 Å². The van der Waals surface area contributed by atoms with Gasteiger partial charge in [-0.15, -0.1) is 0 Å². The average molecular weight is 195 g/mol. The van der Waals surface area contributed by atoms with Crippen LogP contribution in [-0.4, -0.2) is 29.8 Å². The van der Waals surface area contributed by atoms with Crippen molar-refractivity contribution < 1.29 is 4.79 Å². The molecule has 0 aromatic heterocycles. The zero-order valence-corrected chi connectivity index (χ0v) is 9.17. The van der Waals surface area contributed by atoms with E-state index in [0.717, 1.165) is 25.3 Å². The number of piperidine rings is 1. The number of rotatable bonds is 2. The summed E-state index contributed by atoms with van der Waals surface area (Å²) in [6, 6.07) is 0.737. The predicted octanol–water partition coefficient (Wildman–Crippen LogP) is 2.23. The Morgan fingerprint density at radius 1 is 1.43 bits per heavy atom. The van der Waals surface area contributed by atoms with E-state index in [1.165, 1.54) is 32.4 Å². The quantitative estimate of drug-likeness (QED) is 0.673. The number of ketones is 1. The molecule has 0 spiro atoms. The molecule has 0 amide bonds. The van der Waals surface area contributed by atoms with Crippen LogP contribution in [0, 0.1) is 5.92 Å². The third kappa shape index (κ3) is 2.00. The zero-order chi connectivity index (χ0) is 9.97. The minimum absolute atomic E-state index is 0.504. The van der Waals surface area contributed by atoms with Crippen molar-refractivity contribution in [3.63, 3.8) is 0 Å². The lowest BCUT2D eigenvalue weighted by atomic mass is 9.78. The summed E-state index contributed by atoms with van der Waals surface area (Å²) in [6.07, 6.45) is 6.66. The van der Waals surface area contributed by atoms with Crippen molar-refractivity contribution in [2.45, 2.75) is 51.5 Å². The maximum absolute atomic E-state index is 11.4. The number of hydrogen-bond acceptors (Lipinski definition) is 2. The lowest BCUT2D eigenvalue weighted by Crippen LogP contribution is -2.48. The average Bonchev–Trinajstić information content (AvgIpc) is 2.18. The minimum atomic E-state index is 0.504. The number of carbonyl (C=O) groups is 1. The molecule has 2 nitrogen and oxygen atoms in total. The van der Waals surface area contributed by atoms with Crippen molar-refractivity contribution in [2.75, 3.05) is 13.1 Å². The lowest BCUT2D eigenvalue weighted by Gasteiger charge is -2.43. The van der Waals surface area contributed by atoms with Crippen LogP contribution in [0.1, 0.15) is 45.4 Å². The first kappa shape index (κ1) is 10.2. The van der Waals surface area contributed by atoms with Gasteiger partial charge in [0, 0.05) is 18.9 Å². The first-order valence-electron chi connectivity index (χ1n) is 6.07. The fraction of sp³-hybridized carbons (Fsp3) is 0.917. The van der Waals surface area contributed by atoms with Gasteiger partial charge < -0.3 is 4.90 Å². The van der Waals surface area contributed by atoms with Gasteiger partial charge in [0.15, 0.2) is 0 Å². The van der Waals surface area contributed by atoms with E-state index in [1.807, 2.05) is 0 Å². The third-order valence-corrected chi connectivity index (χ3v) is 3.75. The molecule has 2 fully saturated rings. The molecule has 0 unspecified atom stereocenters. The van der Waals surface area contributed by atoms with Crippen LogP contribution in [0.5, 0.6) is 0 Å². The van der Waals surface area contributed by atoms with Gasteiger partial charge in [-0.2, -0.15) is 0 Å². The molecule has 2 aliphatic rings. The number of likely N-dealkylation sites (tertiary alicyclic amines) is 1. The predicted molar refractivity (Wildman–Crippen MR) is 57.2 cm³/mol. The molecule has 80 valence electrons. The van der Waals surface area contributed by atoms with E-state index >= 15 is 0 Å². The van der Waals surface area contributed by atoms with Crippen LogP contribution in [0.3, 0.4) is 0 Å². The summed E-state index contributed by atoms with van der Waals surface area (Å²) in [6.45, 7) is 4.75. The van der Waals surface area contributed by atoms with E-state index in [0.29, 0.717) is 11.7 Å². The van der Waals surface area contributed by atoms with E-state index in [9.17, 15) is 4.79 Å². The monoisotopic (exact) mass is 195 g/mol. The second-order valence-corrected chi connectivity index (χ2v) is 4.79. The fourth-order valence-electron chi connectivity index (χ4n) is 3.14. The first-order chi connectivity index (χ1) is 6.81. The van der Waals surface area contributed by atoms with Crippen LogP contribution in [0.2, 0.25) is 0 Å². The van der Waals surface area contributed by atoms with Crippen molar-refractivity contribution >= 4 is 5.78 Å². The van der Waals surface area contributed by atoms with Crippen LogP contribution in [0.25, 0.3) is 0 Å². The van der Waals surface area contributed by atoms with Crippen molar-refractivity contribution in [1.29, 1.82) is 0 Å². The van der Waals surface area contributed by atoms with Crippen molar-refractivity contribution in [3.05, 3.63) is 0 Å². The topological polar surface area (TPSA) is 20.3 Å². The Bertz CT molecular complexity index is 212. The number of Topliss-reactive ketones (excluding diaryl/α,β-unsaturated/α-hetero) is 1. The lowest BCUT2D eigenvalue weighted by molar-refractivity contribution is -0.124. The Labute approximate surface area is 86.7 Å². The van der Waals surface area contributed by atoms with Gasteiger partial charge in [0.05, 0.1) is 0 Å². The highest BCUT2D eigenvalue weighted by Crippen LogP contribution is 2.33.